The van der Waals surface area contributed by atoms with Crippen LogP contribution in [0.5, 0.6) is 0 Å². The summed E-state index contributed by atoms with van der Waals surface area (Å²) in [6, 6.07) is -0.0777. The summed E-state index contributed by atoms with van der Waals surface area (Å²) in [6.07, 6.45) is 0.737. The zero-order chi connectivity index (χ0) is 12.6. The van der Waals surface area contributed by atoms with E-state index in [1.807, 2.05) is 31.0 Å². The summed E-state index contributed by atoms with van der Waals surface area (Å²) in [6.45, 7) is 3.97. The van der Waals surface area contributed by atoms with Crippen molar-refractivity contribution in [2.45, 2.75) is 26.3 Å². The van der Waals surface area contributed by atoms with Gasteiger partial charge in [-0.05, 0) is 29.8 Å². The number of aryl methyl sites for hydroxylation is 3. The Balaban J connectivity index is 2.21. The van der Waals surface area contributed by atoms with Crippen molar-refractivity contribution in [2.24, 2.45) is 12.8 Å². The fourth-order valence-corrected chi connectivity index (χ4v) is 2.94. The van der Waals surface area contributed by atoms with Gasteiger partial charge in [-0.15, -0.1) is 11.3 Å². The molecule has 0 aromatic carbocycles. The highest BCUT2D eigenvalue weighted by atomic mass is 79.9. The minimum atomic E-state index is -0.0777. The van der Waals surface area contributed by atoms with Gasteiger partial charge < -0.3 is 5.73 Å². The lowest BCUT2D eigenvalue weighted by atomic mass is 10.1. The molecule has 4 nitrogen and oxygen atoms in total. The zero-order valence-electron chi connectivity index (χ0n) is 10.1. The van der Waals surface area contributed by atoms with Crippen LogP contribution in [-0.4, -0.2) is 14.8 Å². The number of halogens is 1. The van der Waals surface area contributed by atoms with Gasteiger partial charge in [-0.3, -0.25) is 4.68 Å². The van der Waals surface area contributed by atoms with Crippen molar-refractivity contribution in [3.8, 4) is 0 Å². The van der Waals surface area contributed by atoms with E-state index in [9.17, 15) is 0 Å². The van der Waals surface area contributed by atoms with Crippen LogP contribution in [0.25, 0.3) is 0 Å². The molecule has 0 saturated carbocycles. The molecular weight excluding hydrogens is 300 g/mol. The second kappa shape index (κ2) is 4.88. The fourth-order valence-electron chi connectivity index (χ4n) is 1.77. The van der Waals surface area contributed by atoms with E-state index in [1.165, 1.54) is 0 Å². The molecule has 92 valence electrons. The molecule has 0 fully saturated rings. The lowest BCUT2D eigenvalue weighted by molar-refractivity contribution is 0.629. The molecule has 0 saturated heterocycles. The molecule has 6 heteroatoms. The summed E-state index contributed by atoms with van der Waals surface area (Å²) >= 11 is 5.18. The molecule has 1 atom stereocenters. The number of nitrogens with zero attached hydrogens (tertiary/aromatic N) is 3. The molecule has 2 rings (SSSR count). The Bertz CT molecular complexity index is 532. The monoisotopic (exact) mass is 314 g/mol. The van der Waals surface area contributed by atoms with Crippen LogP contribution in [0, 0.1) is 13.8 Å². The molecule has 0 bridgehead atoms. The molecular formula is C11H15BrN4S. The summed E-state index contributed by atoms with van der Waals surface area (Å²) < 4.78 is 2.92. The first-order chi connectivity index (χ1) is 7.99. The van der Waals surface area contributed by atoms with Crippen LogP contribution in [0.15, 0.2) is 9.85 Å². The summed E-state index contributed by atoms with van der Waals surface area (Å²) in [4.78, 5) is 4.42. The van der Waals surface area contributed by atoms with E-state index in [1.54, 1.807) is 11.3 Å². The standard InChI is InChI=1S/C11H15BrN4S/c1-6-11(12)10(16(3)15-6)4-8(13)9-5-17-7(2)14-9/h5,8H,4,13H2,1-3H3. The van der Waals surface area contributed by atoms with Gasteiger partial charge in [-0.1, -0.05) is 0 Å². The van der Waals surface area contributed by atoms with Crippen molar-refractivity contribution in [2.75, 3.05) is 0 Å². The first-order valence-corrected chi connectivity index (χ1v) is 7.02. The molecule has 17 heavy (non-hydrogen) atoms. The predicted octanol–water partition coefficient (Wildman–Crippen LogP) is 2.50. The van der Waals surface area contributed by atoms with Gasteiger partial charge in [0.1, 0.15) is 0 Å². The third kappa shape index (κ3) is 2.59. The van der Waals surface area contributed by atoms with Crippen molar-refractivity contribution in [1.82, 2.24) is 14.8 Å². The summed E-state index contributed by atoms with van der Waals surface area (Å²) in [5.74, 6) is 0. The van der Waals surface area contributed by atoms with Crippen molar-refractivity contribution < 1.29 is 0 Å². The first kappa shape index (κ1) is 12.7. The summed E-state index contributed by atoms with van der Waals surface area (Å²) in [7, 11) is 1.94. The number of rotatable bonds is 3. The predicted molar refractivity (Wildman–Crippen MR) is 73.1 cm³/mol. The highest BCUT2D eigenvalue weighted by Gasteiger charge is 2.16. The third-order valence-corrected chi connectivity index (χ3v) is 4.51. The fraction of sp³-hybridized carbons (Fsp3) is 0.455. The van der Waals surface area contributed by atoms with Gasteiger partial charge in [0.05, 0.1) is 32.6 Å². The Kier molecular flexibility index (Phi) is 3.65. The number of aromatic nitrogens is 3. The largest absolute Gasteiger partial charge is 0.322 e. The SMILES string of the molecule is Cc1nc(C(N)Cc2c(Br)c(C)nn2C)cs1. The Morgan fingerprint density at radius 2 is 2.24 bits per heavy atom. The maximum atomic E-state index is 6.17. The summed E-state index contributed by atoms with van der Waals surface area (Å²) in [5, 5.41) is 7.44. The molecule has 2 heterocycles. The van der Waals surface area contributed by atoms with E-state index in [2.05, 4.69) is 26.0 Å². The van der Waals surface area contributed by atoms with Gasteiger partial charge in [0.15, 0.2) is 0 Å². The Morgan fingerprint density at radius 1 is 1.53 bits per heavy atom. The van der Waals surface area contributed by atoms with Crippen molar-refractivity contribution in [1.29, 1.82) is 0 Å². The number of nitrogens with two attached hydrogens (primary N) is 1. The summed E-state index contributed by atoms with van der Waals surface area (Å²) in [5.41, 5.74) is 9.23. The highest BCUT2D eigenvalue weighted by molar-refractivity contribution is 9.10. The van der Waals surface area contributed by atoms with Gasteiger partial charge in [-0.2, -0.15) is 5.10 Å². The minimum absolute atomic E-state index is 0.0777. The van der Waals surface area contributed by atoms with Crippen molar-refractivity contribution in [3.05, 3.63) is 31.9 Å². The topological polar surface area (TPSA) is 56.7 Å². The van der Waals surface area contributed by atoms with Gasteiger partial charge in [-0.25, -0.2) is 4.98 Å². The highest BCUT2D eigenvalue weighted by Crippen LogP contribution is 2.25. The molecule has 2 aromatic heterocycles. The van der Waals surface area contributed by atoms with E-state index in [0.29, 0.717) is 0 Å². The number of hydrogen-bond donors (Lipinski definition) is 1. The van der Waals surface area contributed by atoms with Crippen LogP contribution in [-0.2, 0) is 13.5 Å². The van der Waals surface area contributed by atoms with Gasteiger partial charge in [0.2, 0.25) is 0 Å². The van der Waals surface area contributed by atoms with Crippen LogP contribution in [0.4, 0.5) is 0 Å². The maximum Gasteiger partial charge on any atom is 0.0898 e. The van der Waals surface area contributed by atoms with Gasteiger partial charge >= 0.3 is 0 Å². The lowest BCUT2D eigenvalue weighted by Crippen LogP contribution is -2.16. The van der Waals surface area contributed by atoms with E-state index in [0.717, 1.165) is 33.0 Å². The van der Waals surface area contributed by atoms with Gasteiger partial charge in [0, 0.05) is 18.8 Å². The van der Waals surface area contributed by atoms with E-state index < -0.39 is 0 Å². The molecule has 0 aliphatic carbocycles. The second-order valence-corrected chi connectivity index (χ2v) is 5.93. The van der Waals surface area contributed by atoms with Crippen LogP contribution < -0.4 is 5.73 Å². The Labute approximate surface area is 113 Å². The van der Waals surface area contributed by atoms with Crippen molar-refractivity contribution in [3.63, 3.8) is 0 Å². The second-order valence-electron chi connectivity index (χ2n) is 4.07. The van der Waals surface area contributed by atoms with Crippen LogP contribution >= 0.6 is 27.3 Å². The van der Waals surface area contributed by atoms with Crippen molar-refractivity contribution >= 4 is 27.3 Å². The molecule has 2 aromatic rings. The molecule has 0 spiro atoms. The van der Waals surface area contributed by atoms with E-state index in [-0.39, 0.29) is 6.04 Å². The number of thiazole rings is 1. The van der Waals surface area contributed by atoms with Gasteiger partial charge in [0.25, 0.3) is 0 Å². The molecule has 0 amide bonds. The molecule has 0 aliphatic heterocycles. The quantitative estimate of drug-likeness (QED) is 0.947. The average Bonchev–Trinajstić information content (AvgIpc) is 2.79. The molecule has 2 N–H and O–H groups in total. The molecule has 0 aliphatic rings. The van der Waals surface area contributed by atoms with Crippen LogP contribution in [0.2, 0.25) is 0 Å². The Morgan fingerprint density at radius 3 is 2.71 bits per heavy atom. The van der Waals surface area contributed by atoms with Crippen LogP contribution in [0.3, 0.4) is 0 Å². The minimum Gasteiger partial charge on any atom is -0.322 e. The maximum absolute atomic E-state index is 6.17. The Hall–Kier alpha value is -0.720. The third-order valence-electron chi connectivity index (χ3n) is 2.69. The van der Waals surface area contributed by atoms with Crippen LogP contribution in [0.1, 0.15) is 28.1 Å². The smallest absolute Gasteiger partial charge is 0.0898 e. The molecule has 1 unspecified atom stereocenters. The number of hydrogen-bond acceptors (Lipinski definition) is 4. The molecule has 0 radical (unpaired) electrons. The average molecular weight is 315 g/mol. The van der Waals surface area contributed by atoms with E-state index >= 15 is 0 Å². The normalized spacial score (nSPS) is 13.0. The first-order valence-electron chi connectivity index (χ1n) is 5.34. The van der Waals surface area contributed by atoms with E-state index in [4.69, 9.17) is 5.73 Å². The zero-order valence-corrected chi connectivity index (χ0v) is 12.5. The lowest BCUT2D eigenvalue weighted by Gasteiger charge is -2.09.